The van der Waals surface area contributed by atoms with Gasteiger partial charge in [-0.15, -0.1) is 12.4 Å². The summed E-state index contributed by atoms with van der Waals surface area (Å²) in [5.41, 5.74) is 7.20. The lowest BCUT2D eigenvalue weighted by atomic mass is 9.98. The first kappa shape index (κ1) is 20.2. The van der Waals surface area contributed by atoms with Gasteiger partial charge in [-0.05, 0) is 61.4 Å². The average Bonchev–Trinajstić information content (AvgIpc) is 3.05. The molecule has 3 rings (SSSR count). The Kier molecular flexibility index (Phi) is 6.64. The second-order valence-corrected chi connectivity index (χ2v) is 6.79. The summed E-state index contributed by atoms with van der Waals surface area (Å²) < 4.78 is 0. The van der Waals surface area contributed by atoms with Gasteiger partial charge in [0.25, 0.3) is 5.91 Å². The van der Waals surface area contributed by atoms with Gasteiger partial charge in [-0.25, -0.2) is 0 Å². The molecule has 5 nitrogen and oxygen atoms in total. The number of halogens is 2. The van der Waals surface area contributed by atoms with E-state index in [-0.39, 0.29) is 24.2 Å². The van der Waals surface area contributed by atoms with Crippen LogP contribution in [-0.4, -0.2) is 17.4 Å². The van der Waals surface area contributed by atoms with Crippen molar-refractivity contribution in [3.05, 3.63) is 59.1 Å². The van der Waals surface area contributed by atoms with Crippen LogP contribution in [0.3, 0.4) is 0 Å². The lowest BCUT2D eigenvalue weighted by Crippen LogP contribution is -2.48. The number of carbonyl (C=O) groups excluding carboxylic acids is 2. The molecule has 7 heteroatoms. The summed E-state index contributed by atoms with van der Waals surface area (Å²) in [4.78, 5) is 24.5. The van der Waals surface area contributed by atoms with Crippen molar-refractivity contribution >= 4 is 47.2 Å². The van der Waals surface area contributed by atoms with Gasteiger partial charge in [0.05, 0.1) is 5.54 Å². The summed E-state index contributed by atoms with van der Waals surface area (Å²) in [7, 11) is 0. The van der Waals surface area contributed by atoms with Crippen molar-refractivity contribution in [3.63, 3.8) is 0 Å². The Hall–Kier alpha value is -2.08. The summed E-state index contributed by atoms with van der Waals surface area (Å²) in [6.45, 7) is 0. The molecule has 26 heavy (non-hydrogen) atoms. The van der Waals surface area contributed by atoms with E-state index in [4.69, 9.17) is 17.3 Å². The highest BCUT2D eigenvalue weighted by Gasteiger charge is 2.36. The number of rotatable bonds is 4. The number of benzene rings is 2. The first-order valence-electron chi connectivity index (χ1n) is 8.24. The van der Waals surface area contributed by atoms with Crippen molar-refractivity contribution in [2.24, 2.45) is 5.73 Å². The van der Waals surface area contributed by atoms with Gasteiger partial charge in [0.2, 0.25) is 5.91 Å². The summed E-state index contributed by atoms with van der Waals surface area (Å²) in [5, 5.41) is 6.23. The van der Waals surface area contributed by atoms with E-state index < -0.39 is 5.54 Å². The predicted octanol–water partition coefficient (Wildman–Crippen LogP) is 4.22. The average molecular weight is 394 g/mol. The van der Waals surface area contributed by atoms with E-state index in [0.717, 1.165) is 12.8 Å². The smallest absolute Gasteiger partial charge is 0.255 e. The van der Waals surface area contributed by atoms with Gasteiger partial charge in [0, 0.05) is 22.0 Å². The van der Waals surface area contributed by atoms with E-state index in [2.05, 4.69) is 10.6 Å². The van der Waals surface area contributed by atoms with E-state index in [1.807, 2.05) is 0 Å². The summed E-state index contributed by atoms with van der Waals surface area (Å²) in [6, 6.07) is 13.6. The van der Waals surface area contributed by atoms with Gasteiger partial charge < -0.3 is 16.4 Å². The topological polar surface area (TPSA) is 84.2 Å². The lowest BCUT2D eigenvalue weighted by molar-refractivity contribution is -0.121. The molecule has 2 amide bonds. The predicted molar refractivity (Wildman–Crippen MR) is 107 cm³/mol. The van der Waals surface area contributed by atoms with Gasteiger partial charge >= 0.3 is 0 Å². The van der Waals surface area contributed by atoms with E-state index in [0.29, 0.717) is 34.8 Å². The molecule has 0 spiro atoms. The molecular weight excluding hydrogens is 373 g/mol. The van der Waals surface area contributed by atoms with Crippen LogP contribution in [0.1, 0.15) is 36.0 Å². The number of carbonyl (C=O) groups is 2. The molecule has 2 aromatic carbocycles. The molecule has 0 aliphatic heterocycles. The fourth-order valence-electron chi connectivity index (χ4n) is 2.93. The van der Waals surface area contributed by atoms with Gasteiger partial charge in [0.1, 0.15) is 0 Å². The second-order valence-electron chi connectivity index (χ2n) is 6.36. The number of amides is 2. The monoisotopic (exact) mass is 393 g/mol. The van der Waals surface area contributed by atoms with Crippen LogP contribution in [0.2, 0.25) is 5.02 Å². The van der Waals surface area contributed by atoms with Crippen LogP contribution in [0.5, 0.6) is 0 Å². The number of anilines is 2. The maximum atomic E-state index is 12.3. The fraction of sp³-hybridized carbons (Fsp3) is 0.263. The van der Waals surface area contributed by atoms with Crippen LogP contribution in [-0.2, 0) is 4.79 Å². The second kappa shape index (κ2) is 8.54. The molecule has 138 valence electrons. The molecule has 0 radical (unpaired) electrons. The number of hydrogen-bond donors (Lipinski definition) is 3. The minimum absolute atomic E-state index is 0. The normalized spacial score (nSPS) is 15.0. The molecule has 4 N–H and O–H groups in total. The Morgan fingerprint density at radius 1 is 0.885 bits per heavy atom. The van der Waals surface area contributed by atoms with Crippen LogP contribution in [0, 0.1) is 0 Å². The van der Waals surface area contributed by atoms with Crippen LogP contribution >= 0.6 is 24.0 Å². The van der Waals surface area contributed by atoms with E-state index in [1.165, 1.54) is 0 Å². The molecule has 0 saturated heterocycles. The Bertz CT molecular complexity index is 770. The fourth-order valence-corrected chi connectivity index (χ4v) is 3.06. The van der Waals surface area contributed by atoms with Crippen molar-refractivity contribution in [1.29, 1.82) is 0 Å². The first-order valence-corrected chi connectivity index (χ1v) is 8.61. The van der Waals surface area contributed by atoms with Crippen molar-refractivity contribution in [2.75, 3.05) is 10.6 Å². The zero-order chi connectivity index (χ0) is 17.9. The standard InChI is InChI=1S/C19H20ClN3O2.ClH/c20-14-5-3-13(4-6-14)17(24)22-15-7-9-16(10-8-15)23-18(25)19(21)11-1-2-12-19;/h3-10H,1-2,11-12,21H2,(H,22,24)(H,23,25);1H. The Morgan fingerprint density at radius 2 is 1.38 bits per heavy atom. The molecule has 2 aromatic rings. The minimum Gasteiger partial charge on any atom is -0.324 e. The zero-order valence-electron chi connectivity index (χ0n) is 14.1. The molecule has 1 aliphatic rings. The molecule has 0 unspecified atom stereocenters. The van der Waals surface area contributed by atoms with Crippen LogP contribution in [0.4, 0.5) is 11.4 Å². The molecule has 0 atom stereocenters. The Balaban J connectivity index is 0.00000243. The van der Waals surface area contributed by atoms with Crippen LogP contribution in [0.25, 0.3) is 0 Å². The van der Waals surface area contributed by atoms with Gasteiger partial charge in [-0.3, -0.25) is 9.59 Å². The van der Waals surface area contributed by atoms with E-state index in [9.17, 15) is 9.59 Å². The molecule has 1 fully saturated rings. The number of hydrogen-bond acceptors (Lipinski definition) is 3. The van der Waals surface area contributed by atoms with Gasteiger partial charge in [0.15, 0.2) is 0 Å². The van der Waals surface area contributed by atoms with E-state index >= 15 is 0 Å². The Labute approximate surface area is 163 Å². The van der Waals surface area contributed by atoms with Crippen molar-refractivity contribution in [2.45, 2.75) is 31.2 Å². The minimum atomic E-state index is -0.762. The highest BCUT2D eigenvalue weighted by molar-refractivity contribution is 6.30. The van der Waals surface area contributed by atoms with Crippen LogP contribution in [0.15, 0.2) is 48.5 Å². The third-order valence-corrected chi connectivity index (χ3v) is 4.71. The maximum absolute atomic E-state index is 12.3. The molecule has 0 bridgehead atoms. The maximum Gasteiger partial charge on any atom is 0.255 e. The summed E-state index contributed by atoms with van der Waals surface area (Å²) in [5.74, 6) is -0.372. The largest absolute Gasteiger partial charge is 0.324 e. The molecular formula is C19H21Cl2N3O2. The lowest BCUT2D eigenvalue weighted by Gasteiger charge is -2.22. The zero-order valence-corrected chi connectivity index (χ0v) is 15.7. The highest BCUT2D eigenvalue weighted by atomic mass is 35.5. The quantitative estimate of drug-likeness (QED) is 0.726. The first-order chi connectivity index (χ1) is 12.0. The van der Waals surface area contributed by atoms with Gasteiger partial charge in [-0.2, -0.15) is 0 Å². The number of nitrogens with two attached hydrogens (primary N) is 1. The molecule has 1 aliphatic carbocycles. The number of nitrogens with one attached hydrogen (secondary N) is 2. The van der Waals surface area contributed by atoms with Crippen molar-refractivity contribution in [3.8, 4) is 0 Å². The Morgan fingerprint density at radius 3 is 1.92 bits per heavy atom. The van der Waals surface area contributed by atoms with Crippen LogP contribution < -0.4 is 16.4 Å². The third kappa shape index (κ3) is 4.75. The molecule has 1 saturated carbocycles. The van der Waals surface area contributed by atoms with Crippen molar-refractivity contribution < 1.29 is 9.59 Å². The molecule has 0 aromatic heterocycles. The van der Waals surface area contributed by atoms with Gasteiger partial charge in [-0.1, -0.05) is 24.4 Å². The molecule has 0 heterocycles. The van der Waals surface area contributed by atoms with E-state index in [1.54, 1.807) is 48.5 Å². The third-order valence-electron chi connectivity index (χ3n) is 4.46. The summed E-state index contributed by atoms with van der Waals surface area (Å²) >= 11 is 5.82. The van der Waals surface area contributed by atoms with Crippen molar-refractivity contribution in [1.82, 2.24) is 0 Å². The summed E-state index contributed by atoms with van der Waals surface area (Å²) in [6.07, 6.45) is 3.40. The highest BCUT2D eigenvalue weighted by Crippen LogP contribution is 2.28. The SMILES string of the molecule is Cl.NC1(C(=O)Nc2ccc(NC(=O)c3ccc(Cl)cc3)cc2)CCCC1.